The van der Waals surface area contributed by atoms with E-state index in [0.29, 0.717) is 6.04 Å². The van der Waals surface area contributed by atoms with E-state index < -0.39 is 0 Å². The molecule has 0 aliphatic heterocycles. The normalized spacial score (nSPS) is 18.6. The molecule has 0 amide bonds. The van der Waals surface area contributed by atoms with Crippen LogP contribution in [0.15, 0.2) is 29.6 Å². The molecule has 1 aliphatic carbocycles. The average Bonchev–Trinajstić information content (AvgIpc) is 2.82. The van der Waals surface area contributed by atoms with Gasteiger partial charge in [-0.05, 0) is 37.3 Å². The molecular weight excluding hydrogens is 240 g/mol. The van der Waals surface area contributed by atoms with E-state index in [9.17, 15) is 0 Å². The third-order valence-electron chi connectivity index (χ3n) is 3.59. The van der Waals surface area contributed by atoms with Crippen molar-refractivity contribution in [3.8, 4) is 0 Å². The number of benzene rings is 1. The number of nitrogens with zero attached hydrogens (tertiary/aromatic N) is 1. The van der Waals surface area contributed by atoms with Crippen molar-refractivity contribution >= 4 is 11.3 Å². The number of hydrogen-bond donors (Lipinski definition) is 1. The topological polar surface area (TPSA) is 24.9 Å². The second-order valence-electron chi connectivity index (χ2n) is 4.95. The van der Waals surface area contributed by atoms with Gasteiger partial charge in [-0.15, -0.1) is 11.3 Å². The highest BCUT2D eigenvalue weighted by atomic mass is 32.1. The molecule has 0 saturated heterocycles. The zero-order valence-electron chi connectivity index (χ0n) is 10.6. The second kappa shape index (κ2) is 5.21. The van der Waals surface area contributed by atoms with Crippen LogP contribution in [0.4, 0.5) is 0 Å². The van der Waals surface area contributed by atoms with Crippen molar-refractivity contribution < 1.29 is 0 Å². The van der Waals surface area contributed by atoms with Crippen LogP contribution in [-0.4, -0.2) is 11.0 Å². The van der Waals surface area contributed by atoms with Crippen molar-refractivity contribution in [3.05, 3.63) is 51.5 Å². The van der Waals surface area contributed by atoms with Crippen LogP contribution in [-0.2, 0) is 19.4 Å². The number of hydrogen-bond acceptors (Lipinski definition) is 3. The Balaban J connectivity index is 1.59. The molecule has 0 saturated carbocycles. The van der Waals surface area contributed by atoms with Crippen LogP contribution in [0, 0.1) is 6.92 Å². The Morgan fingerprint density at radius 1 is 1.33 bits per heavy atom. The molecule has 1 atom stereocenters. The van der Waals surface area contributed by atoms with Gasteiger partial charge < -0.3 is 5.32 Å². The van der Waals surface area contributed by atoms with Crippen LogP contribution in [0.3, 0.4) is 0 Å². The van der Waals surface area contributed by atoms with Gasteiger partial charge >= 0.3 is 0 Å². The molecule has 1 aliphatic rings. The Bertz CT molecular complexity index is 533. The lowest BCUT2D eigenvalue weighted by Crippen LogP contribution is -2.34. The lowest BCUT2D eigenvalue weighted by molar-refractivity contribution is 0.455. The van der Waals surface area contributed by atoms with E-state index in [1.165, 1.54) is 29.7 Å². The molecule has 2 aromatic rings. The predicted molar refractivity (Wildman–Crippen MR) is 75.9 cm³/mol. The van der Waals surface area contributed by atoms with Gasteiger partial charge in [0.05, 0.1) is 10.7 Å². The summed E-state index contributed by atoms with van der Waals surface area (Å²) in [5.74, 6) is 0. The standard InChI is InChI=1S/C15H18N2S/c1-11-17-15(10-18-11)9-16-14-7-6-12-4-2-3-5-13(12)8-14/h2-5,10,14,16H,6-9H2,1H3. The molecule has 1 aromatic heterocycles. The van der Waals surface area contributed by atoms with Crippen molar-refractivity contribution in [2.24, 2.45) is 0 Å². The van der Waals surface area contributed by atoms with Gasteiger partial charge in [0, 0.05) is 18.0 Å². The van der Waals surface area contributed by atoms with Crippen molar-refractivity contribution in [1.29, 1.82) is 0 Å². The maximum absolute atomic E-state index is 4.50. The lowest BCUT2D eigenvalue weighted by Gasteiger charge is -2.25. The maximum atomic E-state index is 4.50. The number of aromatic nitrogens is 1. The van der Waals surface area contributed by atoms with Crippen molar-refractivity contribution in [2.45, 2.75) is 38.8 Å². The van der Waals surface area contributed by atoms with Crippen LogP contribution >= 0.6 is 11.3 Å². The van der Waals surface area contributed by atoms with E-state index in [0.717, 1.165) is 18.0 Å². The summed E-state index contributed by atoms with van der Waals surface area (Å²) in [6.07, 6.45) is 3.59. The lowest BCUT2D eigenvalue weighted by atomic mass is 9.88. The number of aryl methyl sites for hydroxylation is 2. The molecule has 1 heterocycles. The zero-order chi connectivity index (χ0) is 12.4. The van der Waals surface area contributed by atoms with Crippen LogP contribution < -0.4 is 5.32 Å². The largest absolute Gasteiger partial charge is 0.308 e. The van der Waals surface area contributed by atoms with Gasteiger partial charge in [0.15, 0.2) is 0 Å². The molecular formula is C15H18N2S. The molecule has 18 heavy (non-hydrogen) atoms. The quantitative estimate of drug-likeness (QED) is 0.915. The van der Waals surface area contributed by atoms with Crippen molar-refractivity contribution in [3.63, 3.8) is 0 Å². The maximum Gasteiger partial charge on any atom is 0.0897 e. The minimum absolute atomic E-state index is 0.599. The van der Waals surface area contributed by atoms with E-state index in [-0.39, 0.29) is 0 Å². The van der Waals surface area contributed by atoms with Gasteiger partial charge in [0.1, 0.15) is 0 Å². The Morgan fingerprint density at radius 2 is 2.17 bits per heavy atom. The first-order valence-electron chi connectivity index (χ1n) is 6.52. The summed E-state index contributed by atoms with van der Waals surface area (Å²) in [5, 5.41) is 6.94. The molecule has 1 unspecified atom stereocenters. The number of thiazole rings is 1. The molecule has 1 aromatic carbocycles. The third kappa shape index (κ3) is 2.62. The van der Waals surface area contributed by atoms with Gasteiger partial charge in [-0.3, -0.25) is 0 Å². The summed E-state index contributed by atoms with van der Waals surface area (Å²) in [5.41, 5.74) is 4.21. The summed E-state index contributed by atoms with van der Waals surface area (Å²) >= 11 is 1.73. The average molecular weight is 258 g/mol. The number of fused-ring (bicyclic) bond motifs is 1. The molecule has 1 N–H and O–H groups in total. The van der Waals surface area contributed by atoms with Gasteiger partial charge in [-0.25, -0.2) is 4.98 Å². The Morgan fingerprint density at radius 3 is 2.94 bits per heavy atom. The predicted octanol–water partition coefficient (Wildman–Crippen LogP) is 3.10. The molecule has 0 fully saturated rings. The molecule has 0 spiro atoms. The molecule has 94 valence electrons. The van der Waals surface area contributed by atoms with Crippen LogP contribution in [0.25, 0.3) is 0 Å². The molecule has 0 radical (unpaired) electrons. The second-order valence-corrected chi connectivity index (χ2v) is 6.01. The van der Waals surface area contributed by atoms with Crippen molar-refractivity contribution in [1.82, 2.24) is 10.3 Å². The van der Waals surface area contributed by atoms with Gasteiger partial charge in [0.2, 0.25) is 0 Å². The molecule has 0 bridgehead atoms. The third-order valence-corrected chi connectivity index (χ3v) is 4.41. The van der Waals surface area contributed by atoms with E-state index in [1.807, 2.05) is 0 Å². The van der Waals surface area contributed by atoms with Gasteiger partial charge in [-0.2, -0.15) is 0 Å². The van der Waals surface area contributed by atoms with E-state index in [1.54, 1.807) is 11.3 Å². The number of nitrogens with one attached hydrogen (secondary N) is 1. The fourth-order valence-electron chi connectivity index (χ4n) is 2.61. The highest BCUT2D eigenvalue weighted by molar-refractivity contribution is 7.09. The first-order valence-corrected chi connectivity index (χ1v) is 7.40. The Kier molecular flexibility index (Phi) is 3.43. The fraction of sp³-hybridized carbons (Fsp3) is 0.400. The Labute approximate surface area is 112 Å². The van der Waals surface area contributed by atoms with Crippen LogP contribution in [0.1, 0.15) is 28.2 Å². The molecule has 3 rings (SSSR count). The van der Waals surface area contributed by atoms with E-state index in [4.69, 9.17) is 0 Å². The summed E-state index contributed by atoms with van der Waals surface area (Å²) in [7, 11) is 0. The van der Waals surface area contributed by atoms with Gasteiger partial charge in [-0.1, -0.05) is 24.3 Å². The SMILES string of the molecule is Cc1nc(CNC2CCc3ccccc3C2)cs1. The first-order chi connectivity index (χ1) is 8.81. The van der Waals surface area contributed by atoms with Gasteiger partial charge in [0.25, 0.3) is 0 Å². The van der Waals surface area contributed by atoms with Crippen molar-refractivity contribution in [2.75, 3.05) is 0 Å². The Hall–Kier alpha value is -1.19. The van der Waals surface area contributed by atoms with E-state index >= 15 is 0 Å². The van der Waals surface area contributed by atoms with Crippen LogP contribution in [0.5, 0.6) is 0 Å². The van der Waals surface area contributed by atoms with E-state index in [2.05, 4.69) is 46.9 Å². The molecule has 3 heteroatoms. The summed E-state index contributed by atoms with van der Waals surface area (Å²) in [6, 6.07) is 9.41. The minimum Gasteiger partial charge on any atom is -0.308 e. The summed E-state index contributed by atoms with van der Waals surface area (Å²) in [4.78, 5) is 4.50. The molecule has 2 nitrogen and oxygen atoms in total. The van der Waals surface area contributed by atoms with Crippen LogP contribution in [0.2, 0.25) is 0 Å². The smallest absolute Gasteiger partial charge is 0.0897 e. The highest BCUT2D eigenvalue weighted by Crippen LogP contribution is 2.21. The first kappa shape index (κ1) is 11.9. The summed E-state index contributed by atoms with van der Waals surface area (Å²) < 4.78 is 0. The number of rotatable bonds is 3. The fourth-order valence-corrected chi connectivity index (χ4v) is 3.22. The monoisotopic (exact) mass is 258 g/mol. The minimum atomic E-state index is 0.599. The highest BCUT2D eigenvalue weighted by Gasteiger charge is 2.17. The summed E-state index contributed by atoms with van der Waals surface area (Å²) in [6.45, 7) is 2.96. The zero-order valence-corrected chi connectivity index (χ0v) is 11.5.